The zero-order valence-electron chi connectivity index (χ0n) is 16.6. The van der Waals surface area contributed by atoms with Crippen LogP contribution < -0.4 is 15.4 Å². The van der Waals surface area contributed by atoms with Crippen molar-refractivity contribution in [2.24, 2.45) is 0 Å². The van der Waals surface area contributed by atoms with E-state index in [-0.39, 0.29) is 17.6 Å². The summed E-state index contributed by atoms with van der Waals surface area (Å²) >= 11 is 0. The summed E-state index contributed by atoms with van der Waals surface area (Å²) in [6.07, 6.45) is 1.65. The fraction of sp³-hybridized carbons (Fsp3) is 0.0833. The number of nitrogens with one attached hydrogen (secondary N) is 2. The zero-order chi connectivity index (χ0) is 22.2. The maximum absolute atomic E-state index is 13.1. The van der Waals surface area contributed by atoms with Crippen LogP contribution in [0.15, 0.2) is 78.9 Å². The number of anilines is 1. The monoisotopic (exact) mass is 422 g/mol. The number of rotatable bonds is 7. The summed E-state index contributed by atoms with van der Waals surface area (Å²) in [6, 6.07) is 21.6. The van der Waals surface area contributed by atoms with Crippen molar-refractivity contribution in [2.45, 2.75) is 6.61 Å². The lowest BCUT2D eigenvalue weighted by Gasteiger charge is -2.11. The van der Waals surface area contributed by atoms with E-state index in [2.05, 4.69) is 15.4 Å². The molecule has 0 aliphatic rings. The maximum Gasteiger partial charge on any atom is 0.387 e. The Morgan fingerprint density at radius 2 is 1.58 bits per heavy atom. The lowest BCUT2D eigenvalue weighted by molar-refractivity contribution is -0.111. The first kappa shape index (κ1) is 21.7. The van der Waals surface area contributed by atoms with Gasteiger partial charge in [-0.25, -0.2) is 0 Å². The van der Waals surface area contributed by atoms with E-state index in [0.29, 0.717) is 28.0 Å². The summed E-state index contributed by atoms with van der Waals surface area (Å²) in [5.41, 5.74) is 2.56. The van der Waals surface area contributed by atoms with Crippen LogP contribution in [0.3, 0.4) is 0 Å². The minimum Gasteiger partial charge on any atom is -0.435 e. The molecule has 2 amide bonds. The van der Waals surface area contributed by atoms with E-state index in [9.17, 15) is 18.4 Å². The second-order valence-electron chi connectivity index (χ2n) is 6.49. The van der Waals surface area contributed by atoms with Crippen LogP contribution in [0.2, 0.25) is 0 Å². The van der Waals surface area contributed by atoms with Crippen LogP contribution in [-0.2, 0) is 4.79 Å². The van der Waals surface area contributed by atoms with Crippen LogP contribution in [-0.4, -0.2) is 25.5 Å². The highest BCUT2D eigenvalue weighted by Gasteiger charge is 2.14. The molecule has 2 N–H and O–H groups in total. The largest absolute Gasteiger partial charge is 0.435 e. The van der Waals surface area contributed by atoms with E-state index >= 15 is 0 Å². The van der Waals surface area contributed by atoms with Gasteiger partial charge in [-0.1, -0.05) is 48.5 Å². The van der Waals surface area contributed by atoms with Gasteiger partial charge in [0.15, 0.2) is 0 Å². The Kier molecular flexibility index (Phi) is 7.11. The van der Waals surface area contributed by atoms with Crippen LogP contribution in [0.4, 0.5) is 14.5 Å². The van der Waals surface area contributed by atoms with Crippen LogP contribution in [0.25, 0.3) is 11.6 Å². The van der Waals surface area contributed by atoms with Crippen molar-refractivity contribution in [3.05, 3.63) is 95.6 Å². The minimum absolute atomic E-state index is 0.0314. The normalized spacial score (nSPS) is 11.2. The molecule has 3 aromatic rings. The molecular formula is C24H20F2N2O3. The number of alkyl halides is 2. The summed E-state index contributed by atoms with van der Waals surface area (Å²) in [5, 5.41) is 5.35. The topological polar surface area (TPSA) is 67.4 Å². The Hall–Kier alpha value is -4.00. The standard InChI is InChI=1S/C24H20F2N2O3/c1-27-22(29)18-8-5-9-19(15-18)28-23(30)21(17-6-3-2-4-7-17)14-16-10-12-20(13-11-16)31-24(25)26/h2-15,24H,1H3,(H,27,29)(H,28,30)/b21-14+. The van der Waals surface area contributed by atoms with E-state index in [1.54, 1.807) is 54.6 Å². The molecule has 0 spiro atoms. The van der Waals surface area contributed by atoms with Crippen molar-refractivity contribution in [3.63, 3.8) is 0 Å². The summed E-state index contributed by atoms with van der Waals surface area (Å²) in [6.45, 7) is -2.90. The summed E-state index contributed by atoms with van der Waals surface area (Å²) in [5.74, 6) is -0.613. The molecule has 0 aliphatic heterocycles. The third-order valence-corrected chi connectivity index (χ3v) is 4.36. The number of halogens is 2. The molecule has 158 valence electrons. The summed E-state index contributed by atoms with van der Waals surface area (Å²) in [7, 11) is 1.53. The number of carbonyl (C=O) groups is 2. The predicted molar refractivity (Wildman–Crippen MR) is 116 cm³/mol. The Labute approximate surface area is 178 Å². The fourth-order valence-corrected chi connectivity index (χ4v) is 2.89. The van der Waals surface area contributed by atoms with Crippen molar-refractivity contribution >= 4 is 29.2 Å². The predicted octanol–water partition coefficient (Wildman–Crippen LogP) is 4.83. The minimum atomic E-state index is -2.90. The van der Waals surface area contributed by atoms with E-state index in [1.165, 1.54) is 19.2 Å². The number of hydrogen-bond acceptors (Lipinski definition) is 3. The number of amides is 2. The average Bonchev–Trinajstić information content (AvgIpc) is 2.78. The maximum atomic E-state index is 13.1. The Balaban J connectivity index is 1.90. The number of ether oxygens (including phenoxy) is 1. The van der Waals surface area contributed by atoms with Gasteiger partial charge in [0.2, 0.25) is 0 Å². The van der Waals surface area contributed by atoms with Crippen LogP contribution in [0.1, 0.15) is 21.5 Å². The first-order chi connectivity index (χ1) is 15.0. The van der Waals surface area contributed by atoms with Gasteiger partial charge >= 0.3 is 6.61 Å². The molecule has 0 radical (unpaired) electrons. The molecule has 0 aliphatic carbocycles. The van der Waals surface area contributed by atoms with E-state index in [1.807, 2.05) is 18.2 Å². The SMILES string of the molecule is CNC(=O)c1cccc(NC(=O)/C(=C/c2ccc(OC(F)F)cc2)c2ccccc2)c1. The van der Waals surface area contributed by atoms with Crippen LogP contribution >= 0.6 is 0 Å². The van der Waals surface area contributed by atoms with Crippen LogP contribution in [0.5, 0.6) is 5.75 Å². The van der Waals surface area contributed by atoms with Gasteiger partial charge < -0.3 is 15.4 Å². The third-order valence-electron chi connectivity index (χ3n) is 4.36. The molecule has 0 bridgehead atoms. The van der Waals surface area contributed by atoms with Gasteiger partial charge in [0.1, 0.15) is 5.75 Å². The van der Waals surface area contributed by atoms with Crippen molar-refractivity contribution in [1.29, 1.82) is 0 Å². The van der Waals surface area contributed by atoms with Gasteiger partial charge in [0, 0.05) is 23.9 Å². The lowest BCUT2D eigenvalue weighted by atomic mass is 10.0. The molecule has 0 aromatic heterocycles. The van der Waals surface area contributed by atoms with Crippen molar-refractivity contribution < 1.29 is 23.1 Å². The molecule has 0 unspecified atom stereocenters. The van der Waals surface area contributed by atoms with Crippen LogP contribution in [0, 0.1) is 0 Å². The van der Waals surface area contributed by atoms with Gasteiger partial charge in [-0.05, 0) is 47.5 Å². The second-order valence-corrected chi connectivity index (χ2v) is 6.49. The Bertz CT molecular complexity index is 1080. The molecule has 0 saturated carbocycles. The number of benzene rings is 3. The van der Waals surface area contributed by atoms with Gasteiger partial charge in [0.25, 0.3) is 11.8 Å². The average molecular weight is 422 g/mol. The van der Waals surface area contributed by atoms with Gasteiger partial charge in [0.05, 0.1) is 0 Å². The number of carbonyl (C=O) groups excluding carboxylic acids is 2. The van der Waals surface area contributed by atoms with Crippen molar-refractivity contribution in [1.82, 2.24) is 5.32 Å². The number of hydrogen-bond donors (Lipinski definition) is 2. The molecule has 5 nitrogen and oxygen atoms in total. The molecule has 7 heteroatoms. The second kappa shape index (κ2) is 10.2. The Morgan fingerprint density at radius 1 is 0.903 bits per heavy atom. The quantitative estimate of drug-likeness (QED) is 0.424. The first-order valence-electron chi connectivity index (χ1n) is 9.42. The molecule has 0 heterocycles. The van der Waals surface area contributed by atoms with Gasteiger partial charge in [-0.3, -0.25) is 9.59 Å². The smallest absolute Gasteiger partial charge is 0.387 e. The van der Waals surface area contributed by atoms with Crippen molar-refractivity contribution in [3.8, 4) is 5.75 Å². The highest BCUT2D eigenvalue weighted by atomic mass is 19.3. The highest BCUT2D eigenvalue weighted by molar-refractivity contribution is 6.29. The molecule has 3 aromatic carbocycles. The third kappa shape index (κ3) is 5.99. The molecule has 0 atom stereocenters. The van der Waals surface area contributed by atoms with E-state index < -0.39 is 6.61 Å². The summed E-state index contributed by atoms with van der Waals surface area (Å²) in [4.78, 5) is 24.9. The van der Waals surface area contributed by atoms with E-state index in [4.69, 9.17) is 0 Å². The van der Waals surface area contributed by atoms with E-state index in [0.717, 1.165) is 0 Å². The molecule has 0 saturated heterocycles. The molecule has 31 heavy (non-hydrogen) atoms. The highest BCUT2D eigenvalue weighted by Crippen LogP contribution is 2.23. The van der Waals surface area contributed by atoms with Gasteiger partial charge in [-0.15, -0.1) is 0 Å². The zero-order valence-corrected chi connectivity index (χ0v) is 16.6. The first-order valence-corrected chi connectivity index (χ1v) is 9.42. The van der Waals surface area contributed by atoms with Gasteiger partial charge in [-0.2, -0.15) is 8.78 Å². The molecule has 3 rings (SSSR count). The summed E-state index contributed by atoms with van der Waals surface area (Å²) < 4.78 is 29.1. The molecule has 0 fully saturated rings. The lowest BCUT2D eigenvalue weighted by Crippen LogP contribution is -2.18. The Morgan fingerprint density at radius 3 is 2.23 bits per heavy atom. The molecular weight excluding hydrogens is 402 g/mol. The van der Waals surface area contributed by atoms with Crippen molar-refractivity contribution in [2.75, 3.05) is 12.4 Å². The fourth-order valence-electron chi connectivity index (χ4n) is 2.89.